The van der Waals surface area contributed by atoms with Crippen LogP contribution in [0.2, 0.25) is 0 Å². The van der Waals surface area contributed by atoms with E-state index in [-0.39, 0.29) is 120 Å². The zero-order valence-electron chi connectivity index (χ0n) is 21.3. The van der Waals surface area contributed by atoms with Crippen LogP contribution < -0.4 is 121 Å². The molecule has 1 aromatic heterocycles. The van der Waals surface area contributed by atoms with Gasteiger partial charge in [-0.15, -0.1) is 0 Å². The molecule has 4 N–H and O–H groups in total. The number of carbonyl (C=O) groups excluding carboxylic acids is 6. The van der Waals surface area contributed by atoms with Crippen LogP contribution in [-0.4, -0.2) is 51.6 Å². The number of hydrogen-bond donors (Lipinski definition) is 2. The molecule has 2 heterocycles. The second kappa shape index (κ2) is 15.5. The number of hydrogen-bond acceptors (Lipinski definition) is 10. The van der Waals surface area contributed by atoms with E-state index < -0.39 is 71.2 Å². The summed E-state index contributed by atoms with van der Waals surface area (Å²) in [5.41, 5.74) is 6.83. The molecule has 1 aliphatic heterocycles. The molecule has 0 radical (unpaired) electrons. The number of imide groups is 1. The van der Waals surface area contributed by atoms with Gasteiger partial charge in [-0.3, -0.25) is 28.9 Å². The first kappa shape index (κ1) is 38.1. The van der Waals surface area contributed by atoms with E-state index in [4.69, 9.17) is 11.5 Å². The summed E-state index contributed by atoms with van der Waals surface area (Å²) in [6, 6.07) is 0. The third kappa shape index (κ3) is 8.00. The molecule has 0 unspecified atom stereocenters. The topological polar surface area (TPSA) is 249 Å². The largest absolute Gasteiger partial charge is 1.00 e. The van der Waals surface area contributed by atoms with Crippen LogP contribution in [0.15, 0.2) is 33.7 Å². The van der Waals surface area contributed by atoms with E-state index in [1.54, 1.807) is 0 Å². The third-order valence-corrected chi connectivity index (χ3v) is 5.02. The molecule has 2 rings (SSSR count). The second-order valence-corrected chi connectivity index (χ2v) is 7.22. The van der Waals surface area contributed by atoms with Crippen molar-refractivity contribution >= 4 is 41.6 Å². The van der Waals surface area contributed by atoms with Gasteiger partial charge in [-0.25, -0.2) is 0 Å². The fraction of sp³-hybridized carbons (Fsp3) is 0.190. The molecule has 0 bridgehead atoms. The summed E-state index contributed by atoms with van der Waals surface area (Å²) < 4.78 is 0.234. The van der Waals surface area contributed by atoms with Crippen molar-refractivity contribution in [2.75, 3.05) is 6.54 Å². The van der Waals surface area contributed by atoms with E-state index >= 15 is 0 Å². The van der Waals surface area contributed by atoms with Crippen LogP contribution in [-0.2, 0) is 30.5 Å². The van der Waals surface area contributed by atoms with Crippen LogP contribution in [0.3, 0.4) is 0 Å². The molecule has 0 atom stereocenters. The fourth-order valence-corrected chi connectivity index (χ4v) is 3.42. The average molecular weight is 554 g/mol. The van der Waals surface area contributed by atoms with Crippen molar-refractivity contribution in [3.8, 4) is 5.88 Å². The number of rotatable bonds is 8. The molecule has 0 saturated carbocycles. The first-order chi connectivity index (χ1) is 16.2. The van der Waals surface area contributed by atoms with Crippen LogP contribution in [0.1, 0.15) is 28.4 Å². The second-order valence-electron chi connectivity index (χ2n) is 7.22. The Morgan fingerprint density at radius 1 is 0.868 bits per heavy atom. The van der Waals surface area contributed by atoms with Gasteiger partial charge in [0.2, 0.25) is 0 Å². The summed E-state index contributed by atoms with van der Waals surface area (Å²) in [6.07, 6.45) is 3.10. The predicted molar refractivity (Wildman–Crippen MR) is 109 cm³/mol. The molecule has 17 heteroatoms. The van der Waals surface area contributed by atoms with Crippen molar-refractivity contribution in [1.29, 1.82) is 0 Å². The molecule has 0 aromatic carbocycles. The summed E-state index contributed by atoms with van der Waals surface area (Å²) in [5, 5.41) is 34.6. The number of carboxylic acid groups (broad SMARTS) is 2. The summed E-state index contributed by atoms with van der Waals surface area (Å²) in [5.74, 6) is -9.47. The Bertz CT molecular complexity index is 1360. The van der Waals surface area contributed by atoms with Crippen LogP contribution >= 0.6 is 0 Å². The van der Waals surface area contributed by atoms with Gasteiger partial charge >= 0.3 is 88.7 Å². The molecular weight excluding hydrogens is 537 g/mol. The number of carbonyl (C=O) groups is 6. The fourth-order valence-electron chi connectivity index (χ4n) is 3.42. The van der Waals surface area contributed by atoms with Gasteiger partial charge in [0.25, 0.3) is 29.2 Å². The summed E-state index contributed by atoms with van der Waals surface area (Å²) in [4.78, 5) is 83.0. The van der Waals surface area contributed by atoms with Crippen molar-refractivity contribution in [2.45, 2.75) is 20.4 Å². The predicted octanol–water partition coefficient (Wildman–Crippen LogP) is -14.0. The maximum atomic E-state index is 12.7. The van der Waals surface area contributed by atoms with Crippen LogP contribution in [0.25, 0.3) is 6.08 Å². The Hall–Kier alpha value is -2.01. The van der Waals surface area contributed by atoms with Gasteiger partial charge in [-0.05, 0) is 42.5 Å². The zero-order chi connectivity index (χ0) is 26.8. The number of allylic oxidation sites excluding steroid dienone is 2. The standard InChI is InChI=1S/C21H20N4O10.3Na/c1-8-10(18(32)24(6-12(26)27)20(34)14(8)16(22)30)4-3-5-11-9(2)15(17(23)31)21(35)25(19(11)33)7-13(28)29;;;/h3-5,32H,6-7H2,1-2H3,(H2,22,30)(H2,23,31)(H,26,27)(H,28,29);;;/q;3*+1/p-3/b4-3+,11-5-;;;. The van der Waals surface area contributed by atoms with Gasteiger partial charge in [0.15, 0.2) is 0 Å². The van der Waals surface area contributed by atoms with E-state index in [9.17, 15) is 48.9 Å². The molecule has 38 heavy (non-hydrogen) atoms. The Labute approximate surface area is 281 Å². The number of aromatic nitrogens is 1. The minimum atomic E-state index is -1.79. The molecule has 0 saturated heterocycles. The first-order valence-electron chi connectivity index (χ1n) is 9.60. The number of pyridine rings is 1. The van der Waals surface area contributed by atoms with E-state index in [1.807, 2.05) is 0 Å². The Balaban J connectivity index is 0. The van der Waals surface area contributed by atoms with Crippen molar-refractivity contribution in [1.82, 2.24) is 9.47 Å². The van der Waals surface area contributed by atoms with Gasteiger partial charge in [0.1, 0.15) is 11.1 Å². The molecule has 184 valence electrons. The van der Waals surface area contributed by atoms with E-state index in [2.05, 4.69) is 0 Å². The third-order valence-electron chi connectivity index (χ3n) is 5.02. The smallest absolute Gasteiger partial charge is 0.860 e. The summed E-state index contributed by atoms with van der Waals surface area (Å²) >= 11 is 0. The van der Waals surface area contributed by atoms with Gasteiger partial charge in [0, 0.05) is 5.57 Å². The Morgan fingerprint density at radius 3 is 1.84 bits per heavy atom. The Kier molecular flexibility index (Phi) is 15.6. The molecular formula is C21H17N4Na3O10. The first-order valence-corrected chi connectivity index (χ1v) is 9.60. The molecule has 1 aliphatic rings. The van der Waals surface area contributed by atoms with Crippen molar-refractivity contribution in [3.05, 3.63) is 55.9 Å². The maximum Gasteiger partial charge on any atom is 1.00 e. The number of nitrogens with two attached hydrogens (primary N) is 2. The summed E-state index contributed by atoms with van der Waals surface area (Å²) in [6.45, 7) is 0.0917. The van der Waals surface area contributed by atoms with Gasteiger partial charge in [-0.1, -0.05) is 12.2 Å². The minimum Gasteiger partial charge on any atom is -0.860 e. The number of carboxylic acids is 2. The normalized spacial score (nSPS) is 14.1. The summed E-state index contributed by atoms with van der Waals surface area (Å²) in [7, 11) is 0. The quantitative estimate of drug-likeness (QED) is 0.133. The molecule has 0 fully saturated rings. The van der Waals surface area contributed by atoms with Crippen molar-refractivity contribution < 1.29 is 133 Å². The number of aliphatic carboxylic acids is 2. The molecule has 4 amide bonds. The van der Waals surface area contributed by atoms with E-state index in [0.717, 1.165) is 18.2 Å². The molecule has 0 spiro atoms. The zero-order valence-corrected chi connectivity index (χ0v) is 27.3. The Morgan fingerprint density at radius 2 is 1.39 bits per heavy atom. The van der Waals surface area contributed by atoms with Gasteiger partial charge in [-0.2, -0.15) is 0 Å². The molecule has 1 aromatic rings. The minimum absolute atomic E-state index is 0. The SMILES string of the molecule is CC1=C(C(N)=O)C(=O)N(CC(=O)[O-])C(=O)/C1=C\C=C\c1c(C)c(C(N)=O)c(=O)n(CC(=O)[O-])c1[O-].[Na+].[Na+].[Na+]. The average Bonchev–Trinajstić information content (AvgIpc) is 2.72. The van der Waals surface area contributed by atoms with Gasteiger partial charge < -0.3 is 40.9 Å². The van der Waals surface area contributed by atoms with Crippen LogP contribution in [0, 0.1) is 6.92 Å². The molecule has 14 nitrogen and oxygen atoms in total. The van der Waals surface area contributed by atoms with Crippen LogP contribution in [0.4, 0.5) is 0 Å². The van der Waals surface area contributed by atoms with Gasteiger partial charge in [0.05, 0.1) is 25.0 Å². The number of primary amides is 2. The van der Waals surface area contributed by atoms with Crippen LogP contribution in [0.5, 0.6) is 5.88 Å². The number of amides is 4. The number of nitrogens with zero attached hydrogens (tertiary/aromatic N) is 2. The van der Waals surface area contributed by atoms with Crippen molar-refractivity contribution in [3.63, 3.8) is 0 Å². The van der Waals surface area contributed by atoms with E-state index in [1.165, 1.54) is 13.8 Å². The molecule has 0 aliphatic carbocycles. The van der Waals surface area contributed by atoms with Crippen molar-refractivity contribution in [2.24, 2.45) is 11.5 Å². The van der Waals surface area contributed by atoms with E-state index in [0.29, 0.717) is 0 Å². The maximum absolute atomic E-state index is 12.7. The monoisotopic (exact) mass is 554 g/mol.